The zero-order chi connectivity index (χ0) is 18.5. The number of carbonyl (C=O) groups excluding carboxylic acids is 1. The molecule has 0 radical (unpaired) electrons. The summed E-state index contributed by atoms with van der Waals surface area (Å²) in [6, 6.07) is 10.9. The summed E-state index contributed by atoms with van der Waals surface area (Å²) in [4.78, 5) is 15.5. The molecule has 1 aliphatic rings. The van der Waals surface area contributed by atoms with E-state index in [1.165, 1.54) is 10.2 Å². The number of hydrogen-bond donors (Lipinski definition) is 0. The van der Waals surface area contributed by atoms with Crippen LogP contribution in [0.4, 0.5) is 0 Å². The van der Waals surface area contributed by atoms with E-state index >= 15 is 0 Å². The third-order valence-electron chi connectivity index (χ3n) is 4.68. The summed E-state index contributed by atoms with van der Waals surface area (Å²) >= 11 is 0. The average molecular weight is 366 g/mol. The van der Waals surface area contributed by atoms with E-state index in [1.807, 2.05) is 0 Å². The van der Waals surface area contributed by atoms with E-state index in [0.717, 1.165) is 0 Å². The van der Waals surface area contributed by atoms with Crippen LogP contribution in [0, 0.1) is 6.92 Å². The van der Waals surface area contributed by atoms with Crippen LogP contribution < -0.4 is 0 Å². The second kappa shape index (κ2) is 5.72. The van der Waals surface area contributed by atoms with Crippen molar-refractivity contribution in [3.8, 4) is 0 Å². The third-order valence-corrected chi connectivity index (χ3v) is 6.51. The van der Waals surface area contributed by atoms with Crippen molar-refractivity contribution >= 4 is 26.7 Å². The number of aromatic nitrogens is 1. The maximum atomic E-state index is 13.2. The SMILES string of the molecule is Cc1ccccc1S(=O)(=O)n1cc2c3c(cccc31)C(=O)C(N=[N+]=[N-])C2. The first-order valence-electron chi connectivity index (χ1n) is 7.97. The molecule has 0 saturated carbocycles. The highest BCUT2D eigenvalue weighted by molar-refractivity contribution is 7.90. The molecule has 0 saturated heterocycles. The lowest BCUT2D eigenvalue weighted by atomic mass is 9.89. The molecule has 1 unspecified atom stereocenters. The zero-order valence-corrected chi connectivity index (χ0v) is 14.6. The van der Waals surface area contributed by atoms with Gasteiger partial charge in [-0.05, 0) is 42.1 Å². The maximum Gasteiger partial charge on any atom is 0.268 e. The van der Waals surface area contributed by atoms with Crippen LogP contribution >= 0.6 is 0 Å². The molecule has 3 aromatic rings. The van der Waals surface area contributed by atoms with Crippen LogP contribution in [0.25, 0.3) is 21.3 Å². The Morgan fingerprint density at radius 3 is 2.69 bits per heavy atom. The van der Waals surface area contributed by atoms with E-state index in [4.69, 9.17) is 5.53 Å². The summed E-state index contributed by atoms with van der Waals surface area (Å²) < 4.78 is 27.6. The van der Waals surface area contributed by atoms with Gasteiger partial charge in [0.15, 0.2) is 5.78 Å². The molecule has 0 amide bonds. The van der Waals surface area contributed by atoms with Crippen molar-refractivity contribution in [3.05, 3.63) is 75.8 Å². The van der Waals surface area contributed by atoms with Crippen molar-refractivity contribution < 1.29 is 13.2 Å². The largest absolute Gasteiger partial charge is 0.294 e. The number of carbonyl (C=O) groups is 1. The van der Waals surface area contributed by atoms with E-state index in [2.05, 4.69) is 10.0 Å². The van der Waals surface area contributed by atoms with Crippen molar-refractivity contribution in [2.45, 2.75) is 24.3 Å². The Kier molecular flexibility index (Phi) is 3.61. The van der Waals surface area contributed by atoms with Crippen LogP contribution in [-0.2, 0) is 16.4 Å². The van der Waals surface area contributed by atoms with E-state index in [-0.39, 0.29) is 17.1 Å². The molecule has 1 aromatic heterocycles. The molecule has 1 atom stereocenters. The number of Topliss-reactive ketones (excluding diaryl/α,β-unsaturated/α-hetero) is 1. The van der Waals surface area contributed by atoms with Gasteiger partial charge in [0.05, 0.1) is 10.4 Å². The third kappa shape index (κ3) is 2.23. The number of rotatable bonds is 3. The molecule has 26 heavy (non-hydrogen) atoms. The maximum absolute atomic E-state index is 13.2. The van der Waals surface area contributed by atoms with Crippen LogP contribution in [0.3, 0.4) is 0 Å². The highest BCUT2D eigenvalue weighted by atomic mass is 32.2. The first-order chi connectivity index (χ1) is 12.4. The summed E-state index contributed by atoms with van der Waals surface area (Å²) in [5, 5.41) is 4.18. The predicted octanol–water partition coefficient (Wildman–Crippen LogP) is 3.60. The number of ketones is 1. The minimum absolute atomic E-state index is 0.187. The van der Waals surface area contributed by atoms with Gasteiger partial charge in [0.1, 0.15) is 6.04 Å². The van der Waals surface area contributed by atoms with E-state index < -0.39 is 16.1 Å². The van der Waals surface area contributed by atoms with Crippen molar-refractivity contribution in [3.63, 3.8) is 0 Å². The average Bonchev–Trinajstić information content (AvgIpc) is 3.00. The molecule has 0 fully saturated rings. The second-order valence-corrected chi connectivity index (χ2v) is 7.99. The van der Waals surface area contributed by atoms with Crippen LogP contribution in [0.2, 0.25) is 0 Å². The Labute approximate surface area is 149 Å². The minimum Gasteiger partial charge on any atom is -0.294 e. The van der Waals surface area contributed by atoms with E-state index in [1.54, 1.807) is 49.4 Å². The molecule has 1 heterocycles. The molecule has 130 valence electrons. The van der Waals surface area contributed by atoms with Gasteiger partial charge < -0.3 is 0 Å². The molecule has 1 aliphatic carbocycles. The highest BCUT2D eigenvalue weighted by Crippen LogP contribution is 2.34. The minimum atomic E-state index is -3.82. The van der Waals surface area contributed by atoms with Gasteiger partial charge in [-0.15, -0.1) is 0 Å². The number of benzene rings is 2. The van der Waals surface area contributed by atoms with Gasteiger partial charge >= 0.3 is 0 Å². The summed E-state index contributed by atoms with van der Waals surface area (Å²) in [5.74, 6) is -0.285. The topological polar surface area (TPSA) is 105 Å². The van der Waals surface area contributed by atoms with E-state index in [0.29, 0.717) is 27.6 Å². The molecule has 0 aliphatic heterocycles. The fourth-order valence-corrected chi connectivity index (χ4v) is 5.10. The summed E-state index contributed by atoms with van der Waals surface area (Å²) in [7, 11) is -3.82. The Morgan fingerprint density at radius 2 is 1.96 bits per heavy atom. The molecule has 7 nitrogen and oxygen atoms in total. The monoisotopic (exact) mass is 366 g/mol. The Balaban J connectivity index is 2.00. The summed E-state index contributed by atoms with van der Waals surface area (Å²) in [5.41, 5.74) is 10.9. The lowest BCUT2D eigenvalue weighted by molar-refractivity contribution is 0.0960. The van der Waals surface area contributed by atoms with Crippen LogP contribution in [0.5, 0.6) is 0 Å². The lowest BCUT2D eigenvalue weighted by Gasteiger charge is -2.16. The van der Waals surface area contributed by atoms with Crippen molar-refractivity contribution in [1.29, 1.82) is 0 Å². The van der Waals surface area contributed by atoms with Gasteiger partial charge in [-0.1, -0.05) is 35.4 Å². The number of nitrogens with zero attached hydrogens (tertiary/aromatic N) is 4. The second-order valence-electron chi connectivity index (χ2n) is 6.21. The fraction of sp³-hybridized carbons (Fsp3) is 0.167. The van der Waals surface area contributed by atoms with Crippen molar-refractivity contribution in [2.75, 3.05) is 0 Å². The first kappa shape index (κ1) is 16.4. The number of hydrogen-bond acceptors (Lipinski definition) is 4. The number of aryl methyl sites for hydroxylation is 1. The Bertz CT molecular complexity index is 1220. The normalized spacial score (nSPS) is 16.5. The standard InChI is InChI=1S/C18H14N4O3S/c1-11-5-2-3-8-16(11)26(24,25)22-10-12-9-14(20-21-19)18(23)13-6-4-7-15(22)17(12)13/h2-8,10,14H,9H2,1H3. The fourth-order valence-electron chi connectivity index (χ4n) is 3.48. The summed E-state index contributed by atoms with van der Waals surface area (Å²) in [6.07, 6.45) is 1.72. The summed E-state index contributed by atoms with van der Waals surface area (Å²) in [6.45, 7) is 1.74. The predicted molar refractivity (Wildman–Crippen MR) is 96.7 cm³/mol. The quantitative estimate of drug-likeness (QED) is 0.401. The van der Waals surface area contributed by atoms with Gasteiger partial charge in [0.25, 0.3) is 10.0 Å². The molecule has 8 heteroatoms. The molecule has 0 bridgehead atoms. The van der Waals surface area contributed by atoms with Gasteiger partial charge in [-0.2, -0.15) is 0 Å². The van der Waals surface area contributed by atoms with Crippen LogP contribution in [-0.4, -0.2) is 24.2 Å². The van der Waals surface area contributed by atoms with Gasteiger partial charge in [-0.3, -0.25) is 4.79 Å². The first-order valence-corrected chi connectivity index (χ1v) is 9.41. The van der Waals surface area contributed by atoms with Gasteiger partial charge in [0, 0.05) is 22.1 Å². The molecule has 4 rings (SSSR count). The van der Waals surface area contributed by atoms with Crippen molar-refractivity contribution in [2.24, 2.45) is 5.11 Å². The highest BCUT2D eigenvalue weighted by Gasteiger charge is 2.32. The van der Waals surface area contributed by atoms with Gasteiger partial charge in [-0.25, -0.2) is 12.4 Å². The molecule has 2 aromatic carbocycles. The lowest BCUT2D eigenvalue weighted by Crippen LogP contribution is -2.24. The van der Waals surface area contributed by atoms with Crippen LogP contribution in [0.1, 0.15) is 21.5 Å². The van der Waals surface area contributed by atoms with Crippen LogP contribution in [0.15, 0.2) is 58.7 Å². The van der Waals surface area contributed by atoms with Crippen molar-refractivity contribution in [1.82, 2.24) is 3.97 Å². The smallest absolute Gasteiger partial charge is 0.268 e. The Hall–Kier alpha value is -3.09. The van der Waals surface area contributed by atoms with E-state index in [9.17, 15) is 13.2 Å². The molecular weight excluding hydrogens is 352 g/mol. The zero-order valence-electron chi connectivity index (χ0n) is 13.8. The molecular formula is C18H14N4O3S. The molecule has 0 N–H and O–H groups in total. The molecule has 0 spiro atoms. The number of azide groups is 1. The van der Waals surface area contributed by atoms with Gasteiger partial charge in [0.2, 0.25) is 0 Å². The Morgan fingerprint density at radius 1 is 1.19 bits per heavy atom.